The quantitative estimate of drug-likeness (QED) is 0.765. The summed E-state index contributed by atoms with van der Waals surface area (Å²) < 4.78 is 41.8. The van der Waals surface area contributed by atoms with Gasteiger partial charge in [-0.1, -0.05) is 24.3 Å². The number of nitrogens with zero attached hydrogens (tertiary/aromatic N) is 1. The third-order valence-corrected chi connectivity index (χ3v) is 3.18. The predicted octanol–water partition coefficient (Wildman–Crippen LogP) is 2.43. The van der Waals surface area contributed by atoms with E-state index in [1.165, 1.54) is 0 Å². The first-order valence-electron chi connectivity index (χ1n) is 7.58. The molecule has 5 nitrogen and oxygen atoms in total. The second kappa shape index (κ2) is 9.03. The number of pyridine rings is 1. The number of hydrogen-bond donors (Lipinski definition) is 2. The van der Waals surface area contributed by atoms with E-state index >= 15 is 0 Å². The van der Waals surface area contributed by atoms with Crippen LogP contribution in [0.5, 0.6) is 5.75 Å². The van der Waals surface area contributed by atoms with Crippen molar-refractivity contribution >= 4 is 5.91 Å². The Morgan fingerprint density at radius 1 is 1.16 bits per heavy atom. The maximum Gasteiger partial charge on any atom is 0.405 e. The molecule has 0 aliphatic heterocycles. The van der Waals surface area contributed by atoms with Crippen LogP contribution in [-0.4, -0.2) is 30.2 Å². The number of para-hydroxylation sites is 1. The number of halogens is 3. The number of nitrogens with one attached hydrogen (secondary N) is 2. The number of amides is 1. The number of hydrogen-bond acceptors (Lipinski definition) is 4. The average molecular weight is 353 g/mol. The van der Waals surface area contributed by atoms with E-state index < -0.39 is 18.6 Å². The summed E-state index contributed by atoms with van der Waals surface area (Å²) >= 11 is 0. The smallest absolute Gasteiger partial charge is 0.405 e. The Kier molecular flexibility index (Phi) is 6.76. The van der Waals surface area contributed by atoms with Crippen molar-refractivity contribution in [3.05, 3.63) is 59.9 Å². The van der Waals surface area contributed by atoms with Gasteiger partial charge in [0.25, 0.3) is 0 Å². The van der Waals surface area contributed by atoms with Gasteiger partial charge in [-0.2, -0.15) is 13.2 Å². The first-order valence-corrected chi connectivity index (χ1v) is 7.58. The fraction of sp³-hybridized carbons (Fsp3) is 0.294. The zero-order valence-corrected chi connectivity index (χ0v) is 13.3. The highest BCUT2D eigenvalue weighted by molar-refractivity contribution is 5.78. The molecule has 0 aliphatic carbocycles. The molecule has 8 heteroatoms. The van der Waals surface area contributed by atoms with E-state index in [1.54, 1.807) is 23.8 Å². The van der Waals surface area contributed by atoms with Gasteiger partial charge in [-0.05, 0) is 12.1 Å². The fourth-order valence-electron chi connectivity index (χ4n) is 2.01. The molecule has 0 atom stereocenters. The Labute approximate surface area is 143 Å². The molecule has 0 spiro atoms. The van der Waals surface area contributed by atoms with Gasteiger partial charge in [0.2, 0.25) is 5.91 Å². The van der Waals surface area contributed by atoms with E-state index in [0.717, 1.165) is 11.1 Å². The third kappa shape index (κ3) is 7.21. The third-order valence-electron chi connectivity index (χ3n) is 3.18. The van der Waals surface area contributed by atoms with E-state index in [-0.39, 0.29) is 6.54 Å². The average Bonchev–Trinajstić information content (AvgIpc) is 2.59. The number of aromatic nitrogens is 1. The molecule has 0 aliphatic rings. The van der Waals surface area contributed by atoms with Gasteiger partial charge in [-0.15, -0.1) is 0 Å². The summed E-state index contributed by atoms with van der Waals surface area (Å²) in [6, 6.07) is 10.9. The molecule has 0 unspecified atom stereocenters. The lowest BCUT2D eigenvalue weighted by atomic mass is 10.2. The minimum atomic E-state index is -4.41. The minimum absolute atomic E-state index is 0.215. The summed E-state index contributed by atoms with van der Waals surface area (Å²) in [7, 11) is 0. The Bertz CT molecular complexity index is 678. The second-order valence-corrected chi connectivity index (χ2v) is 5.25. The summed E-state index contributed by atoms with van der Waals surface area (Å²) in [5.41, 5.74) is 1.71. The van der Waals surface area contributed by atoms with Gasteiger partial charge in [0, 0.05) is 30.1 Å². The zero-order valence-electron chi connectivity index (χ0n) is 13.3. The van der Waals surface area contributed by atoms with Crippen molar-refractivity contribution in [2.24, 2.45) is 0 Å². The molecular formula is C17H18F3N3O2. The molecule has 1 amide bonds. The lowest BCUT2D eigenvalue weighted by Crippen LogP contribution is -2.39. The second-order valence-electron chi connectivity index (χ2n) is 5.25. The van der Waals surface area contributed by atoms with Gasteiger partial charge >= 0.3 is 6.18 Å². The van der Waals surface area contributed by atoms with Gasteiger partial charge in [0.15, 0.2) is 0 Å². The van der Waals surface area contributed by atoms with Gasteiger partial charge in [-0.25, -0.2) is 0 Å². The predicted molar refractivity (Wildman–Crippen MR) is 85.8 cm³/mol. The molecular weight excluding hydrogens is 335 g/mol. The van der Waals surface area contributed by atoms with Crippen molar-refractivity contribution in [3.63, 3.8) is 0 Å². The maximum atomic E-state index is 12.0. The van der Waals surface area contributed by atoms with Crippen molar-refractivity contribution in [1.82, 2.24) is 15.6 Å². The summed E-state index contributed by atoms with van der Waals surface area (Å²) in [5, 5.41) is 4.61. The number of rotatable bonds is 8. The SMILES string of the molecule is O=C(CNCc1ccccc1OCc1cccnc1)NCC(F)(F)F. The van der Waals surface area contributed by atoms with Crippen molar-refractivity contribution < 1.29 is 22.7 Å². The van der Waals surface area contributed by atoms with E-state index in [4.69, 9.17) is 4.74 Å². The molecule has 134 valence electrons. The Morgan fingerprint density at radius 3 is 2.68 bits per heavy atom. The van der Waals surface area contributed by atoms with Crippen LogP contribution in [0.4, 0.5) is 13.2 Å². The number of carbonyl (C=O) groups is 1. The monoisotopic (exact) mass is 353 g/mol. The summed E-state index contributed by atoms with van der Waals surface area (Å²) in [5.74, 6) is -0.0827. The van der Waals surface area contributed by atoms with Crippen molar-refractivity contribution in [2.75, 3.05) is 13.1 Å². The largest absolute Gasteiger partial charge is 0.489 e. The number of alkyl halides is 3. The first kappa shape index (κ1) is 18.7. The van der Waals surface area contributed by atoms with Crippen LogP contribution < -0.4 is 15.4 Å². The Hall–Kier alpha value is -2.61. The summed E-state index contributed by atoms with van der Waals surface area (Å²) in [6.07, 6.45) is -1.04. The minimum Gasteiger partial charge on any atom is -0.489 e. The number of benzene rings is 1. The van der Waals surface area contributed by atoms with Crippen molar-refractivity contribution in [2.45, 2.75) is 19.3 Å². The molecule has 25 heavy (non-hydrogen) atoms. The van der Waals surface area contributed by atoms with Crippen molar-refractivity contribution in [3.8, 4) is 5.75 Å². The van der Waals surface area contributed by atoms with Gasteiger partial charge < -0.3 is 15.4 Å². The van der Waals surface area contributed by atoms with Crippen LogP contribution in [0, 0.1) is 0 Å². The highest BCUT2D eigenvalue weighted by atomic mass is 19.4. The molecule has 1 aromatic heterocycles. The maximum absolute atomic E-state index is 12.0. The van der Waals surface area contributed by atoms with Crippen LogP contribution in [0.3, 0.4) is 0 Å². The molecule has 0 radical (unpaired) electrons. The molecule has 2 aromatic rings. The van der Waals surface area contributed by atoms with Crippen LogP contribution in [0.2, 0.25) is 0 Å². The topological polar surface area (TPSA) is 63.2 Å². The Morgan fingerprint density at radius 2 is 1.96 bits per heavy atom. The van der Waals surface area contributed by atoms with E-state index in [9.17, 15) is 18.0 Å². The van der Waals surface area contributed by atoms with Crippen LogP contribution in [0.15, 0.2) is 48.8 Å². The number of carbonyl (C=O) groups excluding carboxylic acids is 1. The lowest BCUT2D eigenvalue weighted by molar-refractivity contribution is -0.137. The molecule has 2 N–H and O–H groups in total. The molecule has 0 fully saturated rings. The van der Waals surface area contributed by atoms with Gasteiger partial charge in [0.1, 0.15) is 18.9 Å². The molecule has 1 heterocycles. The summed E-state index contributed by atoms with van der Waals surface area (Å²) in [4.78, 5) is 15.4. The number of ether oxygens (including phenoxy) is 1. The normalized spacial score (nSPS) is 11.2. The highest BCUT2D eigenvalue weighted by Crippen LogP contribution is 2.19. The van der Waals surface area contributed by atoms with Gasteiger partial charge in [-0.3, -0.25) is 9.78 Å². The zero-order chi connectivity index (χ0) is 18.1. The van der Waals surface area contributed by atoms with Gasteiger partial charge in [0.05, 0.1) is 6.54 Å². The highest BCUT2D eigenvalue weighted by Gasteiger charge is 2.27. The van der Waals surface area contributed by atoms with Crippen LogP contribution in [-0.2, 0) is 17.9 Å². The summed E-state index contributed by atoms with van der Waals surface area (Å²) in [6.45, 7) is -0.912. The molecule has 0 saturated heterocycles. The van der Waals surface area contributed by atoms with E-state index in [0.29, 0.717) is 18.9 Å². The molecule has 0 bridgehead atoms. The van der Waals surface area contributed by atoms with Crippen LogP contribution >= 0.6 is 0 Å². The van der Waals surface area contributed by atoms with E-state index in [2.05, 4.69) is 10.3 Å². The van der Waals surface area contributed by atoms with Crippen LogP contribution in [0.25, 0.3) is 0 Å². The molecule has 0 saturated carbocycles. The van der Waals surface area contributed by atoms with Crippen LogP contribution in [0.1, 0.15) is 11.1 Å². The first-order chi connectivity index (χ1) is 11.9. The molecule has 2 rings (SSSR count). The fourth-order valence-corrected chi connectivity index (χ4v) is 2.01. The Balaban J connectivity index is 1.81. The standard InChI is InChI=1S/C17H18F3N3O2/c18-17(19,20)12-23-16(24)10-22-9-14-5-1-2-6-15(14)25-11-13-4-3-7-21-8-13/h1-8,22H,9-12H2,(H,23,24). The lowest BCUT2D eigenvalue weighted by Gasteiger charge is -2.12. The van der Waals surface area contributed by atoms with Crippen molar-refractivity contribution in [1.29, 1.82) is 0 Å². The molecule has 1 aromatic carbocycles. The van der Waals surface area contributed by atoms with E-state index in [1.807, 2.05) is 30.3 Å².